The molecule has 2 aromatic carbocycles. The number of halogens is 1. The van der Waals surface area contributed by atoms with Crippen LogP contribution in [-0.2, 0) is 6.54 Å². The van der Waals surface area contributed by atoms with Crippen LogP contribution in [0, 0.1) is 0 Å². The normalized spacial score (nSPS) is 10.3. The van der Waals surface area contributed by atoms with Crippen molar-refractivity contribution in [3.63, 3.8) is 0 Å². The van der Waals surface area contributed by atoms with Gasteiger partial charge in [-0.1, -0.05) is 12.1 Å². The molecule has 2 aromatic rings. The van der Waals surface area contributed by atoms with E-state index in [1.165, 1.54) is 6.07 Å². The summed E-state index contributed by atoms with van der Waals surface area (Å²) in [5.74, 6) is -0.212. The lowest BCUT2D eigenvalue weighted by atomic mass is 10.1. The Labute approximate surface area is 126 Å². The summed E-state index contributed by atoms with van der Waals surface area (Å²) in [6.45, 7) is 0.739. The molecule has 5 heteroatoms. The minimum absolute atomic E-state index is 0.0431. The van der Waals surface area contributed by atoms with Crippen LogP contribution < -0.4 is 10.6 Å². The van der Waals surface area contributed by atoms with Gasteiger partial charge < -0.3 is 15.7 Å². The van der Waals surface area contributed by atoms with Gasteiger partial charge in [-0.25, -0.2) is 0 Å². The van der Waals surface area contributed by atoms with Gasteiger partial charge in [0.1, 0.15) is 5.75 Å². The van der Waals surface area contributed by atoms with E-state index in [1.807, 2.05) is 31.3 Å². The van der Waals surface area contributed by atoms with Crippen LogP contribution in [0.5, 0.6) is 5.75 Å². The molecule has 0 atom stereocenters. The van der Waals surface area contributed by atoms with Crippen molar-refractivity contribution in [2.45, 2.75) is 6.54 Å². The smallest absolute Gasteiger partial charge is 0.255 e. The largest absolute Gasteiger partial charge is 0.507 e. The van der Waals surface area contributed by atoms with Crippen LogP contribution in [0.1, 0.15) is 15.9 Å². The van der Waals surface area contributed by atoms with Crippen LogP contribution in [-0.4, -0.2) is 18.1 Å². The van der Waals surface area contributed by atoms with Crippen LogP contribution >= 0.6 is 15.9 Å². The molecule has 0 saturated heterocycles. The zero-order chi connectivity index (χ0) is 14.5. The molecule has 0 bridgehead atoms. The highest BCUT2D eigenvalue weighted by molar-refractivity contribution is 9.10. The molecule has 3 N–H and O–H groups in total. The fourth-order valence-electron chi connectivity index (χ4n) is 1.82. The standard InChI is InChI=1S/C15H15BrN2O2/c1-17-9-10-3-2-4-12(7-10)18-15(20)11-5-6-13(16)14(19)8-11/h2-8,17,19H,9H2,1H3,(H,18,20). The molecule has 0 aliphatic carbocycles. The molecular weight excluding hydrogens is 320 g/mol. The van der Waals surface area contributed by atoms with Gasteiger partial charge in [0.15, 0.2) is 0 Å². The summed E-state index contributed by atoms with van der Waals surface area (Å²) < 4.78 is 0.560. The molecule has 0 fully saturated rings. The number of hydrogen-bond acceptors (Lipinski definition) is 3. The number of rotatable bonds is 4. The average Bonchev–Trinajstić information content (AvgIpc) is 2.42. The highest BCUT2D eigenvalue weighted by atomic mass is 79.9. The van der Waals surface area contributed by atoms with E-state index in [4.69, 9.17) is 0 Å². The average molecular weight is 335 g/mol. The molecule has 20 heavy (non-hydrogen) atoms. The number of anilines is 1. The molecule has 0 heterocycles. The lowest BCUT2D eigenvalue weighted by Crippen LogP contribution is -2.12. The summed E-state index contributed by atoms with van der Waals surface area (Å²) in [4.78, 5) is 12.1. The Balaban J connectivity index is 2.14. The van der Waals surface area contributed by atoms with Crippen molar-refractivity contribution < 1.29 is 9.90 Å². The third-order valence-electron chi connectivity index (χ3n) is 2.77. The molecule has 0 saturated carbocycles. The van der Waals surface area contributed by atoms with Crippen molar-refractivity contribution in [1.29, 1.82) is 0 Å². The molecule has 0 radical (unpaired) electrons. The minimum atomic E-state index is -0.255. The quantitative estimate of drug-likeness (QED) is 0.805. The maximum Gasteiger partial charge on any atom is 0.255 e. The second-order valence-corrected chi connectivity index (χ2v) is 5.21. The fourth-order valence-corrected chi connectivity index (χ4v) is 2.07. The zero-order valence-electron chi connectivity index (χ0n) is 11.0. The summed E-state index contributed by atoms with van der Waals surface area (Å²) in [5.41, 5.74) is 2.22. The first-order chi connectivity index (χ1) is 9.60. The second-order valence-electron chi connectivity index (χ2n) is 4.35. The van der Waals surface area contributed by atoms with E-state index in [-0.39, 0.29) is 11.7 Å². The Kier molecular flexibility index (Phi) is 4.76. The van der Waals surface area contributed by atoms with Crippen molar-refractivity contribution in [1.82, 2.24) is 5.32 Å². The van der Waals surface area contributed by atoms with Gasteiger partial charge in [0, 0.05) is 17.8 Å². The molecule has 0 aromatic heterocycles. The summed E-state index contributed by atoms with van der Waals surface area (Å²) >= 11 is 3.18. The fraction of sp³-hybridized carbons (Fsp3) is 0.133. The summed E-state index contributed by atoms with van der Waals surface area (Å²) in [5, 5.41) is 15.5. The maximum atomic E-state index is 12.1. The maximum absolute atomic E-state index is 12.1. The molecule has 0 spiro atoms. The number of aromatic hydroxyl groups is 1. The van der Waals surface area contributed by atoms with Crippen LogP contribution in [0.4, 0.5) is 5.69 Å². The number of phenolic OH excluding ortho intramolecular Hbond substituents is 1. The van der Waals surface area contributed by atoms with E-state index < -0.39 is 0 Å². The predicted molar refractivity (Wildman–Crippen MR) is 83.0 cm³/mol. The molecule has 0 aliphatic heterocycles. The van der Waals surface area contributed by atoms with Gasteiger partial charge >= 0.3 is 0 Å². The predicted octanol–water partition coefficient (Wildman–Crippen LogP) is 3.13. The van der Waals surface area contributed by atoms with Gasteiger partial charge in [-0.15, -0.1) is 0 Å². The van der Waals surface area contributed by atoms with Crippen molar-refractivity contribution in [2.75, 3.05) is 12.4 Å². The third-order valence-corrected chi connectivity index (χ3v) is 3.44. The monoisotopic (exact) mass is 334 g/mol. The van der Waals surface area contributed by atoms with E-state index in [2.05, 4.69) is 26.6 Å². The Morgan fingerprint density at radius 2 is 2.05 bits per heavy atom. The van der Waals surface area contributed by atoms with Gasteiger partial charge in [0.05, 0.1) is 4.47 Å². The molecule has 104 valence electrons. The lowest BCUT2D eigenvalue weighted by molar-refractivity contribution is 0.102. The first-order valence-electron chi connectivity index (χ1n) is 6.13. The lowest BCUT2D eigenvalue weighted by Gasteiger charge is -2.08. The molecule has 2 rings (SSSR count). The Bertz CT molecular complexity index is 629. The first kappa shape index (κ1) is 14.6. The van der Waals surface area contributed by atoms with Gasteiger partial charge in [-0.2, -0.15) is 0 Å². The summed E-state index contributed by atoms with van der Waals surface area (Å²) in [7, 11) is 1.87. The van der Waals surface area contributed by atoms with Gasteiger partial charge in [-0.3, -0.25) is 4.79 Å². The van der Waals surface area contributed by atoms with E-state index in [0.717, 1.165) is 17.8 Å². The number of amides is 1. The number of nitrogens with one attached hydrogen (secondary N) is 2. The molecule has 1 amide bonds. The molecule has 0 unspecified atom stereocenters. The highest BCUT2D eigenvalue weighted by Crippen LogP contribution is 2.24. The summed E-state index contributed by atoms with van der Waals surface area (Å²) in [6, 6.07) is 12.3. The van der Waals surface area contributed by atoms with Crippen LogP contribution in [0.15, 0.2) is 46.9 Å². The SMILES string of the molecule is CNCc1cccc(NC(=O)c2ccc(Br)c(O)c2)c1. The number of hydrogen-bond donors (Lipinski definition) is 3. The first-order valence-corrected chi connectivity index (χ1v) is 6.93. The Hall–Kier alpha value is -1.85. The van der Waals surface area contributed by atoms with Crippen LogP contribution in [0.2, 0.25) is 0 Å². The van der Waals surface area contributed by atoms with E-state index >= 15 is 0 Å². The number of benzene rings is 2. The second kappa shape index (κ2) is 6.54. The number of carbonyl (C=O) groups excluding carboxylic acids is 1. The molecule has 0 aliphatic rings. The molecule has 4 nitrogen and oxygen atoms in total. The van der Waals surface area contributed by atoms with E-state index in [0.29, 0.717) is 10.0 Å². The third kappa shape index (κ3) is 3.59. The van der Waals surface area contributed by atoms with Gasteiger partial charge in [0.25, 0.3) is 5.91 Å². The van der Waals surface area contributed by atoms with Gasteiger partial charge in [0.2, 0.25) is 0 Å². The van der Waals surface area contributed by atoms with E-state index in [1.54, 1.807) is 12.1 Å². The zero-order valence-corrected chi connectivity index (χ0v) is 12.6. The highest BCUT2D eigenvalue weighted by Gasteiger charge is 2.08. The molecular formula is C15H15BrN2O2. The van der Waals surface area contributed by atoms with Crippen molar-refractivity contribution in [3.05, 3.63) is 58.1 Å². The Morgan fingerprint density at radius 3 is 2.75 bits per heavy atom. The number of phenols is 1. The topological polar surface area (TPSA) is 61.4 Å². The van der Waals surface area contributed by atoms with Gasteiger partial charge in [-0.05, 0) is 58.9 Å². The van der Waals surface area contributed by atoms with Crippen molar-refractivity contribution in [2.24, 2.45) is 0 Å². The van der Waals surface area contributed by atoms with Crippen molar-refractivity contribution in [3.8, 4) is 5.75 Å². The Morgan fingerprint density at radius 1 is 1.25 bits per heavy atom. The summed E-state index contributed by atoms with van der Waals surface area (Å²) in [6.07, 6.45) is 0. The van der Waals surface area contributed by atoms with E-state index in [9.17, 15) is 9.90 Å². The van der Waals surface area contributed by atoms with Crippen LogP contribution in [0.25, 0.3) is 0 Å². The van der Waals surface area contributed by atoms with Crippen LogP contribution in [0.3, 0.4) is 0 Å². The number of carbonyl (C=O) groups is 1. The van der Waals surface area contributed by atoms with Crippen molar-refractivity contribution >= 4 is 27.5 Å². The minimum Gasteiger partial charge on any atom is -0.507 e.